The van der Waals surface area contributed by atoms with Crippen LogP contribution in [-0.4, -0.2) is 37.7 Å². The zero-order valence-corrected chi connectivity index (χ0v) is 11.6. The van der Waals surface area contributed by atoms with E-state index in [-0.39, 0.29) is 12.1 Å². The number of piperidine rings is 1. The minimum Gasteiger partial charge on any atom is -0.453 e. The van der Waals surface area contributed by atoms with Gasteiger partial charge in [-0.25, -0.2) is 4.79 Å². The maximum Gasteiger partial charge on any atom is 0.407 e. The van der Waals surface area contributed by atoms with Gasteiger partial charge >= 0.3 is 6.09 Å². The summed E-state index contributed by atoms with van der Waals surface area (Å²) in [4.78, 5) is 13.9. The second-order valence-corrected chi connectivity index (χ2v) is 5.07. The highest BCUT2D eigenvalue weighted by atomic mass is 16.5. The molecule has 0 spiro atoms. The smallest absolute Gasteiger partial charge is 0.407 e. The number of amides is 1. The Labute approximate surface area is 114 Å². The highest BCUT2D eigenvalue weighted by Gasteiger charge is 2.30. The summed E-state index contributed by atoms with van der Waals surface area (Å²) in [5.74, 6) is 0. The van der Waals surface area contributed by atoms with Crippen LogP contribution in [0.25, 0.3) is 0 Å². The van der Waals surface area contributed by atoms with Crippen molar-refractivity contribution in [2.75, 3.05) is 20.7 Å². The molecule has 2 atom stereocenters. The van der Waals surface area contributed by atoms with Crippen molar-refractivity contribution in [3.8, 4) is 0 Å². The number of hydrogen-bond donors (Lipinski definition) is 1. The summed E-state index contributed by atoms with van der Waals surface area (Å²) in [7, 11) is 3.53. The van der Waals surface area contributed by atoms with Crippen molar-refractivity contribution in [2.45, 2.75) is 31.3 Å². The Morgan fingerprint density at radius 2 is 2.11 bits per heavy atom. The Kier molecular flexibility index (Phi) is 4.80. The fourth-order valence-electron chi connectivity index (χ4n) is 2.77. The Bertz CT molecular complexity index is 408. The average Bonchev–Trinajstić information content (AvgIpc) is 2.46. The molecule has 0 radical (unpaired) electrons. The van der Waals surface area contributed by atoms with Crippen molar-refractivity contribution in [3.05, 3.63) is 35.9 Å². The minimum absolute atomic E-state index is 0.0149. The SMILES string of the molecule is COC(=O)N[C@H](c1ccccc1)[C@@H]1CCCCN1C. The Balaban J connectivity index is 2.20. The molecule has 1 fully saturated rings. The van der Waals surface area contributed by atoms with Gasteiger partial charge < -0.3 is 15.0 Å². The van der Waals surface area contributed by atoms with E-state index < -0.39 is 0 Å². The number of likely N-dealkylation sites (tertiary alicyclic amines) is 1. The van der Waals surface area contributed by atoms with E-state index in [1.807, 2.05) is 18.2 Å². The maximum atomic E-state index is 11.6. The van der Waals surface area contributed by atoms with E-state index in [1.54, 1.807) is 0 Å². The fraction of sp³-hybridized carbons (Fsp3) is 0.533. The summed E-state index contributed by atoms with van der Waals surface area (Å²) in [5, 5.41) is 2.98. The number of alkyl carbamates (subject to hydrolysis) is 1. The molecule has 0 saturated carbocycles. The molecule has 104 valence electrons. The van der Waals surface area contributed by atoms with Crippen molar-refractivity contribution in [3.63, 3.8) is 0 Å². The molecule has 0 bridgehead atoms. The van der Waals surface area contributed by atoms with Crippen molar-refractivity contribution in [1.82, 2.24) is 10.2 Å². The van der Waals surface area contributed by atoms with E-state index in [4.69, 9.17) is 4.74 Å². The van der Waals surface area contributed by atoms with Crippen LogP contribution in [0.4, 0.5) is 4.79 Å². The van der Waals surface area contributed by atoms with Gasteiger partial charge in [0.25, 0.3) is 0 Å². The maximum absolute atomic E-state index is 11.6. The molecule has 1 aliphatic rings. The van der Waals surface area contributed by atoms with Crippen LogP contribution in [0.15, 0.2) is 30.3 Å². The number of methoxy groups -OCH3 is 1. The van der Waals surface area contributed by atoms with Crippen LogP contribution in [-0.2, 0) is 4.74 Å². The standard InChI is InChI=1S/C15H22N2O2/c1-17-11-7-6-10-13(17)14(16-15(18)19-2)12-8-4-3-5-9-12/h3-5,8-9,13-14H,6-7,10-11H2,1-2H3,(H,16,18)/t13-,14+/m0/s1. The summed E-state index contributed by atoms with van der Waals surface area (Å²) in [5.41, 5.74) is 1.13. The summed E-state index contributed by atoms with van der Waals surface area (Å²) in [6, 6.07) is 10.4. The van der Waals surface area contributed by atoms with E-state index in [0.29, 0.717) is 6.04 Å². The van der Waals surface area contributed by atoms with Gasteiger partial charge in [-0.15, -0.1) is 0 Å². The molecule has 1 saturated heterocycles. The molecule has 0 aliphatic carbocycles. The third-order valence-electron chi connectivity index (χ3n) is 3.83. The molecule has 1 aromatic carbocycles. The van der Waals surface area contributed by atoms with Gasteiger partial charge in [0.1, 0.15) is 0 Å². The summed E-state index contributed by atoms with van der Waals surface area (Å²) < 4.78 is 4.76. The summed E-state index contributed by atoms with van der Waals surface area (Å²) in [6.45, 7) is 1.08. The van der Waals surface area contributed by atoms with Crippen molar-refractivity contribution in [1.29, 1.82) is 0 Å². The van der Waals surface area contributed by atoms with E-state index in [2.05, 4.69) is 29.4 Å². The lowest BCUT2D eigenvalue weighted by molar-refractivity contribution is 0.127. The predicted molar refractivity (Wildman–Crippen MR) is 75.0 cm³/mol. The third-order valence-corrected chi connectivity index (χ3v) is 3.83. The van der Waals surface area contributed by atoms with Crippen LogP contribution in [0, 0.1) is 0 Å². The molecule has 1 N–H and O–H groups in total. The van der Waals surface area contributed by atoms with Crippen molar-refractivity contribution >= 4 is 6.09 Å². The van der Waals surface area contributed by atoms with Gasteiger partial charge in [-0.3, -0.25) is 0 Å². The molecule has 1 amide bonds. The van der Waals surface area contributed by atoms with Crippen LogP contribution in [0.3, 0.4) is 0 Å². The number of likely N-dealkylation sites (N-methyl/N-ethyl adjacent to an activating group) is 1. The van der Waals surface area contributed by atoms with E-state index in [1.165, 1.54) is 20.0 Å². The lowest BCUT2D eigenvalue weighted by Crippen LogP contribution is -2.47. The molecule has 1 heterocycles. The Morgan fingerprint density at radius 1 is 1.37 bits per heavy atom. The molecular formula is C15H22N2O2. The lowest BCUT2D eigenvalue weighted by Gasteiger charge is -2.38. The molecular weight excluding hydrogens is 240 g/mol. The van der Waals surface area contributed by atoms with Crippen LogP contribution in [0.5, 0.6) is 0 Å². The van der Waals surface area contributed by atoms with Crippen molar-refractivity contribution < 1.29 is 9.53 Å². The van der Waals surface area contributed by atoms with Gasteiger partial charge in [0.2, 0.25) is 0 Å². The molecule has 19 heavy (non-hydrogen) atoms. The van der Waals surface area contributed by atoms with Gasteiger partial charge in [0.15, 0.2) is 0 Å². The van der Waals surface area contributed by atoms with Crippen LogP contribution in [0.2, 0.25) is 0 Å². The lowest BCUT2D eigenvalue weighted by atomic mass is 9.91. The summed E-state index contributed by atoms with van der Waals surface area (Å²) >= 11 is 0. The molecule has 4 heteroatoms. The molecule has 1 aliphatic heterocycles. The first-order valence-corrected chi connectivity index (χ1v) is 6.82. The van der Waals surface area contributed by atoms with E-state index >= 15 is 0 Å². The molecule has 4 nitrogen and oxygen atoms in total. The topological polar surface area (TPSA) is 41.6 Å². The van der Waals surface area contributed by atoms with Gasteiger partial charge in [-0.2, -0.15) is 0 Å². The second-order valence-electron chi connectivity index (χ2n) is 5.07. The number of carbonyl (C=O) groups excluding carboxylic acids is 1. The number of nitrogens with zero attached hydrogens (tertiary/aromatic N) is 1. The highest BCUT2D eigenvalue weighted by Crippen LogP contribution is 2.27. The number of carbonyl (C=O) groups is 1. The average molecular weight is 262 g/mol. The van der Waals surface area contributed by atoms with E-state index in [9.17, 15) is 4.79 Å². The van der Waals surface area contributed by atoms with Gasteiger partial charge in [-0.1, -0.05) is 36.8 Å². The fourth-order valence-corrected chi connectivity index (χ4v) is 2.77. The molecule has 1 aromatic rings. The quantitative estimate of drug-likeness (QED) is 0.910. The normalized spacial score (nSPS) is 21.7. The van der Waals surface area contributed by atoms with E-state index in [0.717, 1.165) is 18.5 Å². The summed E-state index contributed by atoms with van der Waals surface area (Å²) in [6.07, 6.45) is 3.17. The number of rotatable bonds is 3. The zero-order chi connectivity index (χ0) is 13.7. The van der Waals surface area contributed by atoms with Crippen LogP contribution >= 0.6 is 0 Å². The number of benzene rings is 1. The third kappa shape index (κ3) is 3.47. The molecule has 0 unspecified atom stereocenters. The minimum atomic E-state index is -0.368. The molecule has 0 aromatic heterocycles. The van der Waals surface area contributed by atoms with Crippen LogP contribution in [0.1, 0.15) is 30.9 Å². The van der Waals surface area contributed by atoms with Crippen LogP contribution < -0.4 is 5.32 Å². The Hall–Kier alpha value is -1.55. The highest BCUT2D eigenvalue weighted by molar-refractivity contribution is 5.67. The van der Waals surface area contributed by atoms with Gasteiger partial charge in [0, 0.05) is 6.04 Å². The second kappa shape index (κ2) is 6.57. The van der Waals surface area contributed by atoms with Gasteiger partial charge in [-0.05, 0) is 32.0 Å². The Morgan fingerprint density at radius 3 is 2.74 bits per heavy atom. The number of ether oxygens (including phenoxy) is 1. The first kappa shape index (κ1) is 13.9. The first-order chi connectivity index (χ1) is 9.22. The number of hydrogen-bond acceptors (Lipinski definition) is 3. The van der Waals surface area contributed by atoms with Gasteiger partial charge in [0.05, 0.1) is 13.2 Å². The van der Waals surface area contributed by atoms with Crippen molar-refractivity contribution in [2.24, 2.45) is 0 Å². The molecule has 2 rings (SSSR count). The number of nitrogens with one attached hydrogen (secondary N) is 1. The largest absolute Gasteiger partial charge is 0.453 e. The monoisotopic (exact) mass is 262 g/mol. The first-order valence-electron chi connectivity index (χ1n) is 6.82. The zero-order valence-electron chi connectivity index (χ0n) is 11.6. The predicted octanol–water partition coefficient (Wildman–Crippen LogP) is 2.57.